The van der Waals surface area contributed by atoms with Crippen molar-refractivity contribution in [1.82, 2.24) is 9.88 Å². The summed E-state index contributed by atoms with van der Waals surface area (Å²) in [6, 6.07) is 8.13. The van der Waals surface area contributed by atoms with E-state index in [1.54, 1.807) is 24.4 Å². The third kappa shape index (κ3) is 3.89. The molecule has 24 heavy (non-hydrogen) atoms. The third-order valence-electron chi connectivity index (χ3n) is 4.18. The summed E-state index contributed by atoms with van der Waals surface area (Å²) in [4.78, 5) is 6.54. The van der Waals surface area contributed by atoms with Gasteiger partial charge >= 0.3 is 6.36 Å². The molecule has 0 radical (unpaired) electrons. The summed E-state index contributed by atoms with van der Waals surface area (Å²) in [7, 11) is 0. The third-order valence-corrected chi connectivity index (χ3v) is 4.61. The molecule has 0 saturated heterocycles. The summed E-state index contributed by atoms with van der Waals surface area (Å²) in [6.45, 7) is 3.28. The Morgan fingerprint density at radius 1 is 1.29 bits per heavy atom. The Bertz CT molecular complexity index is 736. The Morgan fingerprint density at radius 3 is 2.79 bits per heavy atom. The maximum absolute atomic E-state index is 12.6. The molecule has 1 aromatic heterocycles. The zero-order chi connectivity index (χ0) is 17.3. The Balaban J connectivity index is 1.84. The van der Waals surface area contributed by atoms with Crippen molar-refractivity contribution in [3.05, 3.63) is 57.8 Å². The second-order valence-corrected chi connectivity index (χ2v) is 6.66. The van der Waals surface area contributed by atoms with E-state index in [2.05, 4.69) is 30.6 Å². The van der Waals surface area contributed by atoms with Crippen LogP contribution in [0.5, 0.6) is 5.75 Å². The molecule has 1 aliphatic rings. The first-order chi connectivity index (χ1) is 11.3. The predicted molar refractivity (Wildman–Crippen MR) is 87.6 cm³/mol. The zero-order valence-corrected chi connectivity index (χ0v) is 14.6. The molecule has 2 heterocycles. The molecule has 1 unspecified atom stereocenters. The highest BCUT2D eigenvalue weighted by atomic mass is 79.9. The van der Waals surface area contributed by atoms with E-state index in [-0.39, 0.29) is 11.8 Å². The molecule has 0 N–H and O–H groups in total. The SMILES string of the molecule is CC(c1ccccc1OC(F)(F)F)N1CCc2ncc(Br)cc2C1. The second kappa shape index (κ2) is 6.72. The fourth-order valence-electron chi connectivity index (χ4n) is 2.99. The van der Waals surface area contributed by atoms with Crippen LogP contribution in [0.2, 0.25) is 0 Å². The number of pyridine rings is 1. The smallest absolute Gasteiger partial charge is 0.405 e. The number of halogens is 4. The minimum atomic E-state index is -4.70. The number of rotatable bonds is 3. The lowest BCUT2D eigenvalue weighted by atomic mass is 10.00. The molecule has 1 atom stereocenters. The molecular formula is C17H16BrF3N2O. The number of ether oxygens (including phenoxy) is 1. The molecule has 0 spiro atoms. The summed E-state index contributed by atoms with van der Waals surface area (Å²) >= 11 is 3.41. The molecule has 0 amide bonds. The first-order valence-electron chi connectivity index (χ1n) is 7.55. The number of nitrogens with zero attached hydrogens (tertiary/aromatic N) is 2. The highest BCUT2D eigenvalue weighted by Gasteiger charge is 2.33. The number of para-hydroxylation sites is 1. The second-order valence-electron chi connectivity index (χ2n) is 5.74. The summed E-state index contributed by atoms with van der Waals surface area (Å²) in [5, 5.41) is 0. The van der Waals surface area contributed by atoms with E-state index >= 15 is 0 Å². The van der Waals surface area contributed by atoms with E-state index in [9.17, 15) is 13.2 Å². The van der Waals surface area contributed by atoms with Crippen molar-refractivity contribution < 1.29 is 17.9 Å². The summed E-state index contributed by atoms with van der Waals surface area (Å²) in [5.41, 5.74) is 2.67. The number of aromatic nitrogens is 1. The molecule has 0 bridgehead atoms. The number of fused-ring (bicyclic) bond motifs is 1. The Kier molecular flexibility index (Phi) is 4.83. The van der Waals surface area contributed by atoms with Gasteiger partial charge in [-0.3, -0.25) is 9.88 Å². The average molecular weight is 401 g/mol. The lowest BCUT2D eigenvalue weighted by Crippen LogP contribution is -2.33. The van der Waals surface area contributed by atoms with Gasteiger partial charge in [-0.25, -0.2) is 0 Å². The van der Waals surface area contributed by atoms with Crippen LogP contribution in [0.4, 0.5) is 13.2 Å². The molecule has 2 aromatic rings. The number of hydrogen-bond donors (Lipinski definition) is 0. The largest absolute Gasteiger partial charge is 0.573 e. The maximum atomic E-state index is 12.6. The van der Waals surface area contributed by atoms with E-state index in [4.69, 9.17) is 0 Å². The van der Waals surface area contributed by atoms with Crippen LogP contribution in [0.25, 0.3) is 0 Å². The van der Waals surface area contributed by atoms with Gasteiger partial charge in [-0.2, -0.15) is 0 Å². The fourth-order valence-corrected chi connectivity index (χ4v) is 3.37. The highest BCUT2D eigenvalue weighted by molar-refractivity contribution is 9.10. The van der Waals surface area contributed by atoms with Gasteiger partial charge in [0, 0.05) is 47.5 Å². The molecule has 128 valence electrons. The maximum Gasteiger partial charge on any atom is 0.573 e. The zero-order valence-electron chi connectivity index (χ0n) is 13.0. The molecule has 3 nitrogen and oxygen atoms in total. The minimum Gasteiger partial charge on any atom is -0.405 e. The van der Waals surface area contributed by atoms with Crippen molar-refractivity contribution in [2.24, 2.45) is 0 Å². The van der Waals surface area contributed by atoms with Crippen LogP contribution in [0.15, 0.2) is 41.0 Å². The Hall–Kier alpha value is -1.60. The van der Waals surface area contributed by atoms with Crippen LogP contribution in [0, 0.1) is 0 Å². The van der Waals surface area contributed by atoms with E-state index in [0.717, 1.165) is 28.7 Å². The first-order valence-corrected chi connectivity index (χ1v) is 8.35. The van der Waals surface area contributed by atoms with Crippen molar-refractivity contribution in [3.8, 4) is 5.75 Å². The topological polar surface area (TPSA) is 25.4 Å². The predicted octanol–water partition coefficient (Wildman–Crippen LogP) is 4.86. The van der Waals surface area contributed by atoms with Crippen LogP contribution in [-0.4, -0.2) is 22.8 Å². The molecule has 1 aromatic carbocycles. The van der Waals surface area contributed by atoms with Gasteiger partial charge in [-0.1, -0.05) is 18.2 Å². The fraction of sp³-hybridized carbons (Fsp3) is 0.353. The Morgan fingerprint density at radius 2 is 2.04 bits per heavy atom. The standard InChI is InChI=1S/C17H16BrF3N2O/c1-11(14-4-2-3-5-16(14)24-17(19,20)21)23-7-6-15-12(10-23)8-13(18)9-22-15/h2-5,8-9,11H,6-7,10H2,1H3. The van der Waals surface area contributed by atoms with Gasteiger partial charge in [-0.05, 0) is 40.5 Å². The van der Waals surface area contributed by atoms with Gasteiger partial charge in [0.15, 0.2) is 0 Å². The quantitative estimate of drug-likeness (QED) is 0.735. The van der Waals surface area contributed by atoms with Crippen molar-refractivity contribution in [1.29, 1.82) is 0 Å². The molecular weight excluding hydrogens is 385 g/mol. The van der Waals surface area contributed by atoms with Crippen LogP contribution >= 0.6 is 15.9 Å². The number of alkyl halides is 3. The minimum absolute atomic E-state index is 0.143. The molecule has 0 aliphatic carbocycles. The molecule has 0 saturated carbocycles. The lowest BCUT2D eigenvalue weighted by molar-refractivity contribution is -0.275. The van der Waals surface area contributed by atoms with E-state index < -0.39 is 6.36 Å². The van der Waals surface area contributed by atoms with Gasteiger partial charge in [0.2, 0.25) is 0 Å². The lowest BCUT2D eigenvalue weighted by Gasteiger charge is -2.34. The summed E-state index contributed by atoms with van der Waals surface area (Å²) in [5.74, 6) is -0.143. The van der Waals surface area contributed by atoms with E-state index in [1.165, 1.54) is 6.07 Å². The first kappa shape index (κ1) is 17.2. The van der Waals surface area contributed by atoms with E-state index in [1.807, 2.05) is 13.0 Å². The van der Waals surface area contributed by atoms with E-state index in [0.29, 0.717) is 12.1 Å². The number of benzene rings is 1. The van der Waals surface area contributed by atoms with Crippen molar-refractivity contribution in [3.63, 3.8) is 0 Å². The average Bonchev–Trinajstić information content (AvgIpc) is 2.52. The normalized spacial score (nSPS) is 16.5. The molecule has 7 heteroatoms. The molecule has 3 rings (SSSR count). The van der Waals surface area contributed by atoms with Gasteiger partial charge in [-0.15, -0.1) is 13.2 Å². The summed E-state index contributed by atoms with van der Waals surface area (Å²) in [6.07, 6.45) is -2.15. The van der Waals surface area contributed by atoms with Gasteiger partial charge in [0.25, 0.3) is 0 Å². The summed E-state index contributed by atoms with van der Waals surface area (Å²) < 4.78 is 42.9. The van der Waals surface area contributed by atoms with Crippen LogP contribution < -0.4 is 4.74 Å². The number of hydrogen-bond acceptors (Lipinski definition) is 3. The van der Waals surface area contributed by atoms with Gasteiger partial charge < -0.3 is 4.74 Å². The van der Waals surface area contributed by atoms with Crippen molar-refractivity contribution in [2.45, 2.75) is 32.3 Å². The highest BCUT2D eigenvalue weighted by Crippen LogP contribution is 2.35. The Labute approximate surface area is 146 Å². The van der Waals surface area contributed by atoms with Crippen LogP contribution in [-0.2, 0) is 13.0 Å². The molecule has 0 fully saturated rings. The van der Waals surface area contributed by atoms with Gasteiger partial charge in [0.1, 0.15) is 5.75 Å². The molecule has 1 aliphatic heterocycles. The monoisotopic (exact) mass is 400 g/mol. The van der Waals surface area contributed by atoms with Crippen LogP contribution in [0.3, 0.4) is 0 Å². The van der Waals surface area contributed by atoms with Crippen molar-refractivity contribution >= 4 is 15.9 Å². The van der Waals surface area contributed by atoms with Crippen LogP contribution in [0.1, 0.15) is 29.8 Å². The van der Waals surface area contributed by atoms with Crippen molar-refractivity contribution in [2.75, 3.05) is 6.54 Å². The van der Waals surface area contributed by atoms with Gasteiger partial charge in [0.05, 0.1) is 0 Å².